The van der Waals surface area contributed by atoms with E-state index in [1.807, 2.05) is 26.0 Å². The molecule has 0 aliphatic carbocycles. The molecule has 126 valence electrons. The number of rotatable bonds is 6. The number of hydrogen-bond donors (Lipinski definition) is 3. The van der Waals surface area contributed by atoms with E-state index in [2.05, 4.69) is 16.0 Å². The Morgan fingerprint density at radius 2 is 1.62 bits per heavy atom. The van der Waals surface area contributed by atoms with Crippen molar-refractivity contribution in [2.75, 3.05) is 22.5 Å². The first-order valence-electron chi connectivity index (χ1n) is 7.64. The predicted octanol–water partition coefficient (Wildman–Crippen LogP) is 3.99. The first-order chi connectivity index (χ1) is 11.4. The molecule has 0 heterocycles. The molecule has 0 saturated heterocycles. The molecule has 2 aromatic rings. The average Bonchev–Trinajstić information content (AvgIpc) is 2.55. The van der Waals surface area contributed by atoms with Crippen LogP contribution in [-0.4, -0.2) is 18.4 Å². The predicted molar refractivity (Wildman–Crippen MR) is 98.5 cm³/mol. The highest BCUT2D eigenvalue weighted by atomic mass is 35.5. The summed E-state index contributed by atoms with van der Waals surface area (Å²) < 4.78 is 0. The van der Waals surface area contributed by atoms with Crippen LogP contribution in [0, 0.1) is 5.92 Å². The van der Waals surface area contributed by atoms with E-state index < -0.39 is 0 Å². The van der Waals surface area contributed by atoms with Gasteiger partial charge in [-0.2, -0.15) is 0 Å². The van der Waals surface area contributed by atoms with Crippen molar-refractivity contribution in [3.8, 4) is 0 Å². The number of hydrogen-bond acceptors (Lipinski definition) is 3. The molecule has 0 aliphatic heterocycles. The maximum Gasteiger partial charge on any atom is 0.243 e. The lowest BCUT2D eigenvalue weighted by molar-refractivity contribution is -0.119. The van der Waals surface area contributed by atoms with Crippen LogP contribution >= 0.6 is 11.6 Å². The highest BCUT2D eigenvalue weighted by Gasteiger charge is 2.07. The summed E-state index contributed by atoms with van der Waals surface area (Å²) in [6.07, 6.45) is 0. The number of nitrogens with one attached hydrogen (secondary N) is 3. The molecule has 6 heteroatoms. The van der Waals surface area contributed by atoms with Gasteiger partial charge in [0.25, 0.3) is 0 Å². The molecule has 24 heavy (non-hydrogen) atoms. The molecule has 0 saturated carbocycles. The smallest absolute Gasteiger partial charge is 0.243 e. The molecule has 0 unspecified atom stereocenters. The minimum atomic E-state index is -0.172. The van der Waals surface area contributed by atoms with Crippen LogP contribution in [0.25, 0.3) is 0 Å². The molecular formula is C18H20ClN3O2. The Morgan fingerprint density at radius 3 is 2.29 bits per heavy atom. The zero-order valence-electron chi connectivity index (χ0n) is 13.6. The van der Waals surface area contributed by atoms with Gasteiger partial charge in [-0.15, -0.1) is 0 Å². The van der Waals surface area contributed by atoms with Crippen LogP contribution in [-0.2, 0) is 9.59 Å². The van der Waals surface area contributed by atoms with E-state index in [1.54, 1.807) is 36.4 Å². The van der Waals surface area contributed by atoms with E-state index in [9.17, 15) is 9.59 Å². The van der Waals surface area contributed by atoms with E-state index in [4.69, 9.17) is 11.6 Å². The third kappa shape index (κ3) is 5.59. The molecule has 3 N–H and O–H groups in total. The van der Waals surface area contributed by atoms with Crippen molar-refractivity contribution in [3.05, 3.63) is 53.6 Å². The van der Waals surface area contributed by atoms with E-state index in [0.717, 1.165) is 5.69 Å². The Balaban J connectivity index is 1.88. The van der Waals surface area contributed by atoms with Crippen molar-refractivity contribution in [3.63, 3.8) is 0 Å². The molecule has 0 bridgehead atoms. The monoisotopic (exact) mass is 345 g/mol. The van der Waals surface area contributed by atoms with Crippen LogP contribution < -0.4 is 16.0 Å². The Labute approximate surface area is 146 Å². The fourth-order valence-corrected chi connectivity index (χ4v) is 2.04. The van der Waals surface area contributed by atoms with Crippen molar-refractivity contribution in [2.45, 2.75) is 13.8 Å². The summed E-state index contributed by atoms with van der Waals surface area (Å²) in [6.45, 7) is 3.78. The first-order valence-corrected chi connectivity index (χ1v) is 8.02. The number of halogens is 1. The largest absolute Gasteiger partial charge is 0.376 e. The second-order valence-electron chi connectivity index (χ2n) is 5.63. The summed E-state index contributed by atoms with van der Waals surface area (Å²) in [4.78, 5) is 23.7. The lowest BCUT2D eigenvalue weighted by atomic mass is 10.2. The highest BCUT2D eigenvalue weighted by Crippen LogP contribution is 2.16. The topological polar surface area (TPSA) is 70.2 Å². The van der Waals surface area contributed by atoms with Gasteiger partial charge in [0.15, 0.2) is 0 Å². The summed E-state index contributed by atoms with van der Waals surface area (Å²) in [5, 5.41) is 9.24. The van der Waals surface area contributed by atoms with Gasteiger partial charge in [0, 0.05) is 28.0 Å². The average molecular weight is 346 g/mol. The van der Waals surface area contributed by atoms with E-state index in [1.165, 1.54) is 0 Å². The molecule has 0 aliphatic rings. The molecule has 0 aromatic heterocycles. The van der Waals surface area contributed by atoms with Crippen molar-refractivity contribution >= 4 is 40.5 Å². The van der Waals surface area contributed by atoms with Gasteiger partial charge in [0.1, 0.15) is 0 Å². The van der Waals surface area contributed by atoms with Gasteiger partial charge in [-0.3, -0.25) is 9.59 Å². The van der Waals surface area contributed by atoms with Gasteiger partial charge < -0.3 is 16.0 Å². The molecule has 0 spiro atoms. The zero-order valence-corrected chi connectivity index (χ0v) is 14.4. The number of anilines is 3. The second-order valence-corrected chi connectivity index (χ2v) is 6.07. The quantitative estimate of drug-likeness (QED) is 0.741. The fraction of sp³-hybridized carbons (Fsp3) is 0.222. The van der Waals surface area contributed by atoms with Gasteiger partial charge in [0.05, 0.1) is 6.54 Å². The van der Waals surface area contributed by atoms with Crippen molar-refractivity contribution in [2.24, 2.45) is 5.92 Å². The van der Waals surface area contributed by atoms with Crippen LogP contribution in [0.5, 0.6) is 0 Å². The van der Waals surface area contributed by atoms with Crippen LogP contribution in [0.15, 0.2) is 48.5 Å². The molecule has 2 aromatic carbocycles. The van der Waals surface area contributed by atoms with Crippen molar-refractivity contribution in [1.29, 1.82) is 0 Å². The minimum Gasteiger partial charge on any atom is -0.376 e. The van der Waals surface area contributed by atoms with Crippen molar-refractivity contribution < 1.29 is 9.59 Å². The Hall–Kier alpha value is -2.53. The van der Waals surface area contributed by atoms with Gasteiger partial charge in [-0.05, 0) is 42.5 Å². The highest BCUT2D eigenvalue weighted by molar-refractivity contribution is 6.30. The summed E-state index contributed by atoms with van der Waals surface area (Å²) >= 11 is 5.80. The Bertz CT molecular complexity index is 714. The lowest BCUT2D eigenvalue weighted by Crippen LogP contribution is -2.22. The first kappa shape index (κ1) is 17.8. The molecule has 2 rings (SSSR count). The number of benzene rings is 2. The third-order valence-corrected chi connectivity index (χ3v) is 3.49. The zero-order chi connectivity index (χ0) is 17.5. The van der Waals surface area contributed by atoms with E-state index >= 15 is 0 Å². The minimum absolute atomic E-state index is 0.0485. The molecule has 2 amide bonds. The standard InChI is InChI=1S/C18H20ClN3O2/c1-12(2)18(24)22-16-5-3-4-15(10-16)20-11-17(23)21-14-8-6-13(19)7-9-14/h3-10,12,20H,11H2,1-2H3,(H,21,23)(H,22,24). The summed E-state index contributed by atoms with van der Waals surface area (Å²) in [5.74, 6) is -0.312. The van der Waals surface area contributed by atoms with Crippen LogP contribution in [0.1, 0.15) is 13.8 Å². The molecular weight excluding hydrogens is 326 g/mol. The summed E-state index contributed by atoms with van der Waals surface area (Å²) in [7, 11) is 0. The third-order valence-electron chi connectivity index (χ3n) is 3.24. The van der Waals surface area contributed by atoms with Crippen LogP contribution in [0.4, 0.5) is 17.1 Å². The van der Waals surface area contributed by atoms with Crippen LogP contribution in [0.2, 0.25) is 5.02 Å². The van der Waals surface area contributed by atoms with E-state index in [0.29, 0.717) is 16.4 Å². The molecule has 0 atom stereocenters. The number of carbonyl (C=O) groups excluding carboxylic acids is 2. The SMILES string of the molecule is CC(C)C(=O)Nc1cccc(NCC(=O)Nc2ccc(Cl)cc2)c1. The van der Waals surface area contributed by atoms with Gasteiger partial charge in [-0.25, -0.2) is 0 Å². The maximum absolute atomic E-state index is 11.9. The van der Waals surface area contributed by atoms with Crippen molar-refractivity contribution in [1.82, 2.24) is 0 Å². The van der Waals surface area contributed by atoms with Gasteiger partial charge in [-0.1, -0.05) is 31.5 Å². The molecule has 0 radical (unpaired) electrons. The summed E-state index contributed by atoms with van der Waals surface area (Å²) in [6, 6.07) is 14.1. The van der Waals surface area contributed by atoms with E-state index in [-0.39, 0.29) is 24.3 Å². The number of carbonyl (C=O) groups is 2. The lowest BCUT2D eigenvalue weighted by Gasteiger charge is -2.11. The molecule has 0 fully saturated rings. The Morgan fingerprint density at radius 1 is 0.958 bits per heavy atom. The van der Waals surface area contributed by atoms with Crippen LogP contribution in [0.3, 0.4) is 0 Å². The van der Waals surface area contributed by atoms with Gasteiger partial charge in [0.2, 0.25) is 11.8 Å². The normalized spacial score (nSPS) is 10.3. The van der Waals surface area contributed by atoms with Gasteiger partial charge >= 0.3 is 0 Å². The number of amides is 2. The second kappa shape index (κ2) is 8.36. The maximum atomic E-state index is 11.9. The fourth-order valence-electron chi connectivity index (χ4n) is 1.91. The Kier molecular flexibility index (Phi) is 6.21. The summed E-state index contributed by atoms with van der Waals surface area (Å²) in [5.41, 5.74) is 2.13. The molecule has 5 nitrogen and oxygen atoms in total.